The van der Waals surface area contributed by atoms with E-state index in [0.717, 1.165) is 39.3 Å². The summed E-state index contributed by atoms with van der Waals surface area (Å²) in [5.74, 6) is 2.13. The number of thiophene rings is 1. The minimum absolute atomic E-state index is 0.257. The van der Waals surface area contributed by atoms with Gasteiger partial charge in [-0.3, -0.25) is 9.69 Å². The van der Waals surface area contributed by atoms with E-state index in [1.54, 1.807) is 0 Å². The summed E-state index contributed by atoms with van der Waals surface area (Å²) >= 11 is 1.85. The van der Waals surface area contributed by atoms with Crippen molar-refractivity contribution in [3.8, 4) is 0 Å². The van der Waals surface area contributed by atoms with Crippen molar-refractivity contribution in [2.45, 2.75) is 45.6 Å². The number of rotatable bonds is 7. The molecule has 140 valence electrons. The molecule has 4 nitrogen and oxygen atoms in total. The Balaban J connectivity index is 1.30. The summed E-state index contributed by atoms with van der Waals surface area (Å²) in [5, 5.41) is 8.77. The van der Waals surface area contributed by atoms with Gasteiger partial charge in [0.1, 0.15) is 0 Å². The maximum absolute atomic E-state index is 12.3. The van der Waals surface area contributed by atoms with E-state index in [9.17, 15) is 4.79 Å². The lowest BCUT2D eigenvalue weighted by molar-refractivity contribution is -0.122. The van der Waals surface area contributed by atoms with Gasteiger partial charge in [-0.25, -0.2) is 0 Å². The van der Waals surface area contributed by atoms with Gasteiger partial charge < -0.3 is 10.6 Å². The van der Waals surface area contributed by atoms with Crippen molar-refractivity contribution >= 4 is 17.2 Å². The van der Waals surface area contributed by atoms with Crippen molar-refractivity contribution in [3.05, 3.63) is 22.4 Å². The SMILES string of the molecule is CC(CC(=O)NCC1CCN(Cc2cccs2)CC1)C1CCNCC1. The van der Waals surface area contributed by atoms with E-state index in [0.29, 0.717) is 24.2 Å². The highest BCUT2D eigenvalue weighted by molar-refractivity contribution is 7.09. The van der Waals surface area contributed by atoms with Crippen molar-refractivity contribution in [2.24, 2.45) is 17.8 Å². The van der Waals surface area contributed by atoms with Gasteiger partial charge in [0.2, 0.25) is 5.91 Å². The summed E-state index contributed by atoms with van der Waals surface area (Å²) in [6.45, 7) is 8.74. The molecule has 1 atom stereocenters. The van der Waals surface area contributed by atoms with Crippen molar-refractivity contribution in [1.29, 1.82) is 0 Å². The summed E-state index contributed by atoms with van der Waals surface area (Å²) in [6, 6.07) is 4.35. The topological polar surface area (TPSA) is 44.4 Å². The first-order valence-corrected chi connectivity index (χ1v) is 10.8. The highest BCUT2D eigenvalue weighted by Gasteiger charge is 2.23. The molecule has 3 rings (SSSR count). The average Bonchev–Trinajstić information content (AvgIpc) is 3.15. The number of hydrogen-bond donors (Lipinski definition) is 2. The van der Waals surface area contributed by atoms with E-state index >= 15 is 0 Å². The molecule has 0 spiro atoms. The minimum atomic E-state index is 0.257. The molecule has 0 bridgehead atoms. The molecule has 2 fully saturated rings. The third-order valence-corrected chi connectivity index (χ3v) is 6.81. The van der Waals surface area contributed by atoms with Crippen molar-refractivity contribution in [3.63, 3.8) is 0 Å². The fourth-order valence-electron chi connectivity index (χ4n) is 4.17. The normalized spacial score (nSPS) is 22.0. The summed E-state index contributed by atoms with van der Waals surface area (Å²) < 4.78 is 0. The molecule has 1 amide bonds. The second-order valence-electron chi connectivity index (χ2n) is 7.87. The Bertz CT molecular complexity index is 505. The van der Waals surface area contributed by atoms with Crippen LogP contribution in [0.2, 0.25) is 0 Å². The van der Waals surface area contributed by atoms with E-state index in [4.69, 9.17) is 0 Å². The van der Waals surface area contributed by atoms with Gasteiger partial charge in [-0.1, -0.05) is 13.0 Å². The molecule has 1 unspecified atom stereocenters. The van der Waals surface area contributed by atoms with E-state index in [1.165, 1.54) is 30.6 Å². The van der Waals surface area contributed by atoms with Crippen LogP contribution < -0.4 is 10.6 Å². The molecule has 0 radical (unpaired) electrons. The maximum Gasteiger partial charge on any atom is 0.220 e. The second kappa shape index (κ2) is 9.70. The summed E-state index contributed by atoms with van der Waals surface area (Å²) in [5.41, 5.74) is 0. The number of likely N-dealkylation sites (tertiary alicyclic amines) is 1. The molecule has 0 aromatic carbocycles. The number of nitrogens with zero attached hydrogens (tertiary/aromatic N) is 1. The second-order valence-corrected chi connectivity index (χ2v) is 8.90. The van der Waals surface area contributed by atoms with Crippen molar-refractivity contribution in [1.82, 2.24) is 15.5 Å². The van der Waals surface area contributed by atoms with Crippen molar-refractivity contribution in [2.75, 3.05) is 32.7 Å². The minimum Gasteiger partial charge on any atom is -0.356 e. The van der Waals surface area contributed by atoms with Crippen LogP contribution in [0.25, 0.3) is 0 Å². The third-order valence-electron chi connectivity index (χ3n) is 5.95. The fraction of sp³-hybridized carbons (Fsp3) is 0.750. The van der Waals surface area contributed by atoms with Crippen LogP contribution in [-0.4, -0.2) is 43.5 Å². The largest absolute Gasteiger partial charge is 0.356 e. The third kappa shape index (κ3) is 6.08. The lowest BCUT2D eigenvalue weighted by Gasteiger charge is -2.32. The van der Waals surface area contributed by atoms with E-state index in [-0.39, 0.29) is 5.91 Å². The molecule has 25 heavy (non-hydrogen) atoms. The molecule has 2 aliphatic heterocycles. The Labute approximate surface area is 156 Å². The van der Waals surface area contributed by atoms with Crippen LogP contribution in [-0.2, 0) is 11.3 Å². The van der Waals surface area contributed by atoms with Crippen LogP contribution in [0.1, 0.15) is 43.9 Å². The van der Waals surface area contributed by atoms with Crippen LogP contribution >= 0.6 is 11.3 Å². The van der Waals surface area contributed by atoms with Gasteiger partial charge >= 0.3 is 0 Å². The van der Waals surface area contributed by atoms with Gasteiger partial charge in [0.15, 0.2) is 0 Å². The molecule has 2 aliphatic rings. The van der Waals surface area contributed by atoms with E-state index in [1.807, 2.05) is 11.3 Å². The standard InChI is InChI=1S/C20H33N3OS/c1-16(18-4-8-21-9-5-18)13-20(24)22-14-17-6-10-23(11-7-17)15-19-3-2-12-25-19/h2-3,12,16-18,21H,4-11,13-15H2,1H3,(H,22,24). The molecule has 2 saturated heterocycles. The van der Waals surface area contributed by atoms with Crippen molar-refractivity contribution < 1.29 is 4.79 Å². The lowest BCUT2D eigenvalue weighted by atomic mass is 9.84. The Morgan fingerprint density at radius 2 is 2.08 bits per heavy atom. The molecule has 2 N–H and O–H groups in total. The molecule has 1 aromatic heterocycles. The molecular formula is C20H33N3OS. The average molecular weight is 364 g/mol. The number of carbonyl (C=O) groups is 1. The maximum atomic E-state index is 12.3. The van der Waals surface area contributed by atoms with Crippen LogP contribution in [0.4, 0.5) is 0 Å². The molecule has 1 aromatic rings. The first-order chi connectivity index (χ1) is 12.2. The van der Waals surface area contributed by atoms with Crippen LogP contribution in [0.5, 0.6) is 0 Å². The quantitative estimate of drug-likeness (QED) is 0.782. The Kier molecular flexibility index (Phi) is 7.32. The van der Waals surface area contributed by atoms with Gasteiger partial charge in [0.25, 0.3) is 0 Å². The van der Waals surface area contributed by atoms with E-state index < -0.39 is 0 Å². The lowest BCUT2D eigenvalue weighted by Crippen LogP contribution is -2.39. The first kappa shape index (κ1) is 18.9. The number of nitrogens with one attached hydrogen (secondary N) is 2. The predicted molar refractivity (Wildman–Crippen MR) is 105 cm³/mol. The number of amides is 1. The van der Waals surface area contributed by atoms with Crippen LogP contribution in [0.15, 0.2) is 17.5 Å². The highest BCUT2D eigenvalue weighted by Crippen LogP contribution is 2.24. The molecule has 0 aliphatic carbocycles. The molecular weight excluding hydrogens is 330 g/mol. The van der Waals surface area contributed by atoms with Gasteiger partial charge in [-0.05, 0) is 81.1 Å². The Hall–Kier alpha value is -0.910. The molecule has 0 saturated carbocycles. The first-order valence-electron chi connectivity index (χ1n) is 9.93. The van der Waals surface area contributed by atoms with Gasteiger partial charge in [0, 0.05) is 24.4 Å². The van der Waals surface area contributed by atoms with Gasteiger partial charge in [-0.2, -0.15) is 0 Å². The summed E-state index contributed by atoms with van der Waals surface area (Å²) in [4.78, 5) is 16.3. The number of piperidine rings is 2. The highest BCUT2D eigenvalue weighted by atomic mass is 32.1. The van der Waals surface area contributed by atoms with Gasteiger partial charge in [-0.15, -0.1) is 11.3 Å². The monoisotopic (exact) mass is 363 g/mol. The van der Waals surface area contributed by atoms with E-state index in [2.05, 4.69) is 40.0 Å². The zero-order chi connectivity index (χ0) is 17.5. The summed E-state index contributed by atoms with van der Waals surface area (Å²) in [6.07, 6.45) is 5.54. The van der Waals surface area contributed by atoms with Crippen LogP contribution in [0, 0.1) is 17.8 Å². The number of hydrogen-bond acceptors (Lipinski definition) is 4. The zero-order valence-electron chi connectivity index (χ0n) is 15.5. The fourth-order valence-corrected chi connectivity index (χ4v) is 4.92. The zero-order valence-corrected chi connectivity index (χ0v) is 16.3. The van der Waals surface area contributed by atoms with Crippen LogP contribution in [0.3, 0.4) is 0 Å². The predicted octanol–water partition coefficient (Wildman–Crippen LogP) is 3.10. The molecule has 3 heterocycles. The Morgan fingerprint density at radius 3 is 2.76 bits per heavy atom. The molecule has 5 heteroatoms. The smallest absolute Gasteiger partial charge is 0.220 e. The van der Waals surface area contributed by atoms with Gasteiger partial charge in [0.05, 0.1) is 0 Å². The number of carbonyl (C=O) groups excluding carboxylic acids is 1. The summed E-state index contributed by atoms with van der Waals surface area (Å²) in [7, 11) is 0. The Morgan fingerprint density at radius 1 is 1.32 bits per heavy atom.